The van der Waals surface area contributed by atoms with Crippen molar-refractivity contribution in [1.29, 1.82) is 0 Å². The molecule has 0 spiro atoms. The van der Waals surface area contributed by atoms with Crippen molar-refractivity contribution in [1.82, 2.24) is 0 Å². The van der Waals surface area contributed by atoms with Gasteiger partial charge in [0.05, 0.1) is 0 Å². The van der Waals surface area contributed by atoms with Gasteiger partial charge in [0.15, 0.2) is 25.0 Å². The molecule has 5 nitrogen and oxygen atoms in total. The lowest BCUT2D eigenvalue weighted by Gasteiger charge is -2.56. The normalized spacial score (nSPS) is 14.7. The minimum atomic E-state index is -3.23. The van der Waals surface area contributed by atoms with Crippen LogP contribution in [0.15, 0.2) is 0 Å². The molecule has 0 fully saturated rings. The lowest BCUT2D eigenvalue weighted by atomic mass is 10.2. The Morgan fingerprint density at radius 3 is 0.761 bits per heavy atom. The van der Waals surface area contributed by atoms with Crippen molar-refractivity contribution in [2.24, 2.45) is 0 Å². The summed E-state index contributed by atoms with van der Waals surface area (Å²) in [5, 5.41) is 0. The van der Waals surface area contributed by atoms with Crippen LogP contribution in [-0.2, 0) is 21.2 Å². The molecular formula is C36H84O5Si5. The van der Waals surface area contributed by atoms with E-state index >= 15 is 0 Å². The van der Waals surface area contributed by atoms with Crippen LogP contribution in [0.2, 0.25) is 68.5 Å². The standard InChI is InChI=1S/C36H84O5Si5/c1-28(2)44(29(3)4,30(5)6)39-43(40-45(31(7)8,32(9)10)33(11)12,41-46(34(13)14,35(15)16)36(17)18)27-25-23-22-24-26-42(21,37-19)38-20/h28-36H,22-27H2,1-21H3. The molecule has 0 atom stereocenters. The van der Waals surface area contributed by atoms with Crippen LogP contribution in [0.25, 0.3) is 0 Å². The maximum Gasteiger partial charge on any atom is 0.469 e. The minimum absolute atomic E-state index is 0.471. The minimum Gasteiger partial charge on any atom is -0.415 e. The van der Waals surface area contributed by atoms with Gasteiger partial charge in [-0.05, 0) is 68.9 Å². The summed E-state index contributed by atoms with van der Waals surface area (Å²) in [5.41, 5.74) is 4.24. The summed E-state index contributed by atoms with van der Waals surface area (Å²) in [4.78, 5) is 0. The average Bonchev–Trinajstić information content (AvgIpc) is 2.93. The van der Waals surface area contributed by atoms with Gasteiger partial charge in [-0.15, -0.1) is 0 Å². The van der Waals surface area contributed by atoms with Crippen molar-refractivity contribution < 1.29 is 21.2 Å². The van der Waals surface area contributed by atoms with Gasteiger partial charge in [0.2, 0.25) is 0 Å². The number of rotatable bonds is 24. The van der Waals surface area contributed by atoms with Gasteiger partial charge in [-0.2, -0.15) is 0 Å². The molecule has 10 heteroatoms. The van der Waals surface area contributed by atoms with E-state index in [-0.39, 0.29) is 0 Å². The molecule has 0 N–H and O–H groups in total. The Kier molecular flexibility index (Phi) is 19.9. The molecular weight excluding hydrogens is 653 g/mol. The van der Waals surface area contributed by atoms with Crippen LogP contribution in [0, 0.1) is 0 Å². The Balaban J connectivity index is 7.56. The molecule has 46 heavy (non-hydrogen) atoms. The first-order valence-corrected chi connectivity index (χ1v) is 30.0. The fraction of sp³-hybridized carbons (Fsp3) is 1.00. The summed E-state index contributed by atoms with van der Waals surface area (Å²) >= 11 is 0. The van der Waals surface area contributed by atoms with E-state index < -0.39 is 42.3 Å². The van der Waals surface area contributed by atoms with E-state index in [1.165, 1.54) is 6.42 Å². The highest BCUT2D eigenvalue weighted by molar-refractivity contribution is 6.94. The van der Waals surface area contributed by atoms with Gasteiger partial charge in [0.1, 0.15) is 0 Å². The third-order valence-corrected chi connectivity index (χ3v) is 40.0. The third kappa shape index (κ3) is 10.7. The van der Waals surface area contributed by atoms with Gasteiger partial charge >= 0.3 is 17.4 Å². The molecule has 0 saturated carbocycles. The first kappa shape index (κ1) is 46.9. The fourth-order valence-corrected chi connectivity index (χ4v) is 41.5. The summed E-state index contributed by atoms with van der Waals surface area (Å²) in [7, 11) is -8.73. The Hall–Kier alpha value is 0.884. The van der Waals surface area contributed by atoms with Gasteiger partial charge in [-0.25, -0.2) is 0 Å². The molecule has 0 radical (unpaired) electrons. The summed E-state index contributed by atoms with van der Waals surface area (Å²) in [5.74, 6) is 0. The van der Waals surface area contributed by atoms with Crippen molar-refractivity contribution >= 4 is 42.3 Å². The quantitative estimate of drug-likeness (QED) is 0.0729. The number of hydrogen-bond donors (Lipinski definition) is 0. The van der Waals surface area contributed by atoms with Crippen LogP contribution >= 0.6 is 0 Å². The predicted molar refractivity (Wildman–Crippen MR) is 216 cm³/mol. The van der Waals surface area contributed by atoms with Crippen LogP contribution in [-0.4, -0.2) is 56.5 Å². The summed E-state index contributed by atoms with van der Waals surface area (Å²) < 4.78 is 36.1. The molecule has 0 unspecified atom stereocenters. The molecule has 0 aliphatic heterocycles. The van der Waals surface area contributed by atoms with Crippen LogP contribution in [0.4, 0.5) is 0 Å². The Morgan fingerprint density at radius 2 is 0.565 bits per heavy atom. The van der Waals surface area contributed by atoms with Gasteiger partial charge in [-0.3, -0.25) is 0 Å². The Morgan fingerprint density at radius 1 is 0.348 bits per heavy atom. The lowest BCUT2D eigenvalue weighted by Crippen LogP contribution is -2.69. The van der Waals surface area contributed by atoms with Crippen molar-refractivity contribution in [3.8, 4) is 0 Å². The maximum absolute atomic E-state index is 8.19. The summed E-state index contributed by atoms with van der Waals surface area (Å²) in [6.07, 6.45) is 4.54. The zero-order chi connectivity index (χ0) is 36.5. The topological polar surface area (TPSA) is 46.2 Å². The van der Waals surface area contributed by atoms with E-state index in [2.05, 4.69) is 131 Å². The molecule has 0 heterocycles. The maximum atomic E-state index is 8.19. The highest BCUT2D eigenvalue weighted by atomic mass is 28.5. The van der Waals surface area contributed by atoms with Crippen molar-refractivity contribution in [2.75, 3.05) is 14.2 Å². The van der Waals surface area contributed by atoms with E-state index in [0.29, 0.717) is 49.9 Å². The fourth-order valence-electron chi connectivity index (χ4n) is 9.51. The molecule has 0 amide bonds. The van der Waals surface area contributed by atoms with Crippen molar-refractivity contribution in [3.63, 3.8) is 0 Å². The Labute approximate surface area is 295 Å². The van der Waals surface area contributed by atoms with E-state index in [4.69, 9.17) is 21.2 Å². The van der Waals surface area contributed by atoms with E-state index in [9.17, 15) is 0 Å². The smallest absolute Gasteiger partial charge is 0.415 e. The van der Waals surface area contributed by atoms with Gasteiger partial charge in [0.25, 0.3) is 0 Å². The molecule has 0 aliphatic carbocycles. The molecule has 0 aromatic heterocycles. The molecule has 0 rings (SSSR count). The second kappa shape index (κ2) is 19.5. The zero-order valence-corrected chi connectivity index (χ0v) is 40.0. The largest absolute Gasteiger partial charge is 0.469 e. The molecule has 0 saturated heterocycles. The summed E-state index contributed by atoms with van der Waals surface area (Å²) in [6, 6.07) is 1.96. The van der Waals surface area contributed by atoms with Crippen LogP contribution in [0.3, 0.4) is 0 Å². The Bertz CT molecular complexity index is 692. The van der Waals surface area contributed by atoms with Crippen LogP contribution in [0.1, 0.15) is 150 Å². The van der Waals surface area contributed by atoms with Gasteiger partial charge in [-0.1, -0.05) is 144 Å². The third-order valence-electron chi connectivity index (χ3n) is 11.8. The summed E-state index contributed by atoms with van der Waals surface area (Å²) in [6.45, 7) is 45.8. The molecule has 0 aromatic carbocycles. The number of hydrogen-bond acceptors (Lipinski definition) is 5. The van der Waals surface area contributed by atoms with Crippen LogP contribution < -0.4 is 0 Å². The molecule has 0 aromatic rings. The first-order chi connectivity index (χ1) is 20.9. The lowest BCUT2D eigenvalue weighted by molar-refractivity contribution is 0.216. The average molecular weight is 737 g/mol. The second-order valence-electron chi connectivity index (χ2n) is 17.4. The zero-order valence-electron chi connectivity index (χ0n) is 35.0. The van der Waals surface area contributed by atoms with E-state index in [1.807, 2.05) is 0 Å². The van der Waals surface area contributed by atoms with Gasteiger partial charge < -0.3 is 21.2 Å². The second-order valence-corrected chi connectivity index (χ2v) is 40.8. The van der Waals surface area contributed by atoms with Crippen molar-refractivity contribution in [2.45, 2.75) is 219 Å². The monoisotopic (exact) mass is 737 g/mol. The highest BCUT2D eigenvalue weighted by Gasteiger charge is 2.63. The van der Waals surface area contributed by atoms with Gasteiger partial charge in [0, 0.05) is 20.3 Å². The molecule has 278 valence electrons. The SMILES string of the molecule is CO[Si](C)(CCCCCC[Si](O[Si](C(C)C)(C(C)C)C(C)C)(O[Si](C(C)C)(C(C)C)C(C)C)O[Si](C(C)C)(C(C)C)C(C)C)OC. The van der Waals surface area contributed by atoms with Crippen molar-refractivity contribution in [3.05, 3.63) is 0 Å². The van der Waals surface area contributed by atoms with Crippen LogP contribution in [0.5, 0.6) is 0 Å². The van der Waals surface area contributed by atoms with E-state index in [1.54, 1.807) is 14.2 Å². The molecule has 0 bridgehead atoms. The first-order valence-electron chi connectivity index (χ1n) is 19.1. The molecule has 0 aliphatic rings. The predicted octanol–water partition coefficient (Wildman–Crippen LogP) is 13.4. The van der Waals surface area contributed by atoms with E-state index in [0.717, 1.165) is 31.4 Å². The number of unbranched alkanes of at least 4 members (excludes halogenated alkanes) is 3. The highest BCUT2D eigenvalue weighted by Crippen LogP contribution is 2.53.